The van der Waals surface area contributed by atoms with E-state index >= 15 is 0 Å². The molecule has 3 heterocycles. The minimum atomic E-state index is -0.483. The minimum Gasteiger partial charge on any atom is -0.456 e. The fourth-order valence-corrected chi connectivity index (χ4v) is 6.87. The Balaban J connectivity index is 1.16. The molecule has 0 unspecified atom stereocenters. The molecule has 234 valence electrons. The summed E-state index contributed by atoms with van der Waals surface area (Å²) in [5.74, 6) is 0.561. The molecule has 7 aromatic carbocycles. The van der Waals surface area contributed by atoms with Crippen LogP contribution in [0.15, 0.2) is 174 Å². The number of hydrogen-bond donors (Lipinski definition) is 0. The average Bonchev–Trinajstić information content (AvgIpc) is 3.78. The third kappa shape index (κ3) is 4.60. The molecule has 5 nitrogen and oxygen atoms in total. The maximum Gasteiger partial charge on any atom is 0.164 e. The summed E-state index contributed by atoms with van der Waals surface area (Å²) in [6.07, 6.45) is 0. The van der Waals surface area contributed by atoms with Crippen LogP contribution < -0.4 is 0 Å². The van der Waals surface area contributed by atoms with Crippen molar-refractivity contribution in [3.63, 3.8) is 0 Å². The predicted molar refractivity (Wildman–Crippen MR) is 203 cm³/mol. The fraction of sp³-hybridized carbons (Fsp3) is 0. The Kier molecular flexibility index (Phi) is 5.35. The average molecular weight is 646 g/mol. The molecular weight excluding hydrogens is 613 g/mol. The van der Waals surface area contributed by atoms with Crippen LogP contribution >= 0.6 is 0 Å². The van der Waals surface area contributed by atoms with Crippen molar-refractivity contribution in [3.05, 3.63) is 170 Å². The molecule has 0 saturated carbocycles. The third-order valence-corrected chi connectivity index (χ3v) is 9.14. The fourth-order valence-electron chi connectivity index (χ4n) is 6.87. The summed E-state index contributed by atoms with van der Waals surface area (Å²) in [6.45, 7) is 0. The van der Waals surface area contributed by atoms with E-state index in [0.717, 1.165) is 55.0 Å². The Morgan fingerprint density at radius 2 is 1.10 bits per heavy atom. The van der Waals surface area contributed by atoms with E-state index in [1.165, 1.54) is 0 Å². The highest BCUT2D eigenvalue weighted by atomic mass is 16.3. The van der Waals surface area contributed by atoms with Crippen molar-refractivity contribution in [1.82, 2.24) is 19.5 Å². The first-order chi connectivity index (χ1) is 26.9. The first-order valence-electron chi connectivity index (χ1n) is 18.8. The molecule has 0 saturated heterocycles. The summed E-state index contributed by atoms with van der Waals surface area (Å²) < 4.78 is 50.8. The van der Waals surface area contributed by atoms with Gasteiger partial charge in [0.25, 0.3) is 0 Å². The van der Waals surface area contributed by atoms with Gasteiger partial charge < -0.3 is 8.98 Å². The number of aromatic nitrogens is 4. The van der Waals surface area contributed by atoms with Gasteiger partial charge in [-0.3, -0.25) is 0 Å². The van der Waals surface area contributed by atoms with Crippen molar-refractivity contribution >= 4 is 43.7 Å². The van der Waals surface area contributed by atoms with Crippen LogP contribution in [0.3, 0.4) is 0 Å². The molecule has 0 N–H and O–H groups in total. The van der Waals surface area contributed by atoms with Crippen LogP contribution in [0.5, 0.6) is 0 Å². The Labute approximate surface area is 294 Å². The lowest BCUT2D eigenvalue weighted by atomic mass is 10.0. The Morgan fingerprint density at radius 3 is 1.90 bits per heavy atom. The standard InChI is InChI=1S/C45H28N4O/c1-4-13-29(14-5-1)32-24-26-38-36(27-32)34-19-10-11-20-37(34)49(38)39-21-12-22-40-42(39)35-25-23-33(28-41(35)50-40)45-47-43(30-15-6-2-7-16-30)46-44(48-45)31-17-8-3-9-18-31/h1-28H/i2D,6D,7D,15D,16D. The summed E-state index contributed by atoms with van der Waals surface area (Å²) in [5.41, 5.74) is 8.02. The van der Waals surface area contributed by atoms with Gasteiger partial charge in [-0.2, -0.15) is 0 Å². The predicted octanol–water partition coefficient (Wildman–Crippen LogP) is 11.5. The van der Waals surface area contributed by atoms with Crippen molar-refractivity contribution in [2.24, 2.45) is 0 Å². The molecule has 0 radical (unpaired) electrons. The molecule has 0 amide bonds. The molecular formula is C45H28N4O. The van der Waals surface area contributed by atoms with Crippen molar-refractivity contribution < 1.29 is 11.3 Å². The van der Waals surface area contributed by atoms with Crippen molar-refractivity contribution in [3.8, 4) is 51.0 Å². The monoisotopic (exact) mass is 645 g/mol. The second kappa shape index (κ2) is 11.4. The molecule has 10 aromatic rings. The highest BCUT2D eigenvalue weighted by Gasteiger charge is 2.19. The number of rotatable bonds is 5. The zero-order valence-electron chi connectivity index (χ0n) is 31.5. The molecule has 10 rings (SSSR count). The normalized spacial score (nSPS) is 13.0. The van der Waals surface area contributed by atoms with E-state index in [2.05, 4.69) is 82.3 Å². The van der Waals surface area contributed by atoms with E-state index < -0.39 is 18.1 Å². The van der Waals surface area contributed by atoms with Crippen LogP contribution in [0.4, 0.5) is 0 Å². The lowest BCUT2D eigenvalue weighted by molar-refractivity contribution is 0.669. The van der Waals surface area contributed by atoms with Gasteiger partial charge in [0.05, 0.1) is 29.0 Å². The number of para-hydroxylation sites is 1. The number of nitrogens with zero attached hydrogens (tertiary/aromatic N) is 4. The van der Waals surface area contributed by atoms with E-state index in [0.29, 0.717) is 22.5 Å². The largest absolute Gasteiger partial charge is 0.456 e. The molecule has 0 aliphatic carbocycles. The first kappa shape index (κ1) is 23.5. The summed E-state index contributed by atoms with van der Waals surface area (Å²) >= 11 is 0. The molecule has 0 atom stereocenters. The number of fused-ring (bicyclic) bond motifs is 6. The lowest BCUT2D eigenvalue weighted by Gasteiger charge is -2.10. The minimum absolute atomic E-state index is 0.0189. The van der Waals surface area contributed by atoms with Gasteiger partial charge in [-0.1, -0.05) is 127 Å². The van der Waals surface area contributed by atoms with Gasteiger partial charge in [-0.05, 0) is 53.6 Å². The van der Waals surface area contributed by atoms with Gasteiger partial charge in [-0.15, -0.1) is 0 Å². The van der Waals surface area contributed by atoms with Gasteiger partial charge in [-0.25, -0.2) is 15.0 Å². The van der Waals surface area contributed by atoms with E-state index in [-0.39, 0.29) is 29.3 Å². The van der Waals surface area contributed by atoms with Gasteiger partial charge >= 0.3 is 0 Å². The number of hydrogen-bond acceptors (Lipinski definition) is 4. The molecule has 0 bridgehead atoms. The van der Waals surface area contributed by atoms with E-state index in [9.17, 15) is 0 Å². The summed E-state index contributed by atoms with van der Waals surface area (Å²) in [4.78, 5) is 14.2. The maximum atomic E-state index is 8.63. The quantitative estimate of drug-likeness (QED) is 0.187. The van der Waals surface area contributed by atoms with Crippen LogP contribution in [-0.4, -0.2) is 19.5 Å². The van der Waals surface area contributed by atoms with Crippen molar-refractivity contribution in [2.75, 3.05) is 0 Å². The van der Waals surface area contributed by atoms with E-state index in [4.69, 9.17) is 21.2 Å². The molecule has 0 aliphatic heterocycles. The molecule has 0 fully saturated rings. The Bertz CT molecular complexity index is 3130. The van der Waals surface area contributed by atoms with Crippen LogP contribution in [0.2, 0.25) is 0 Å². The van der Waals surface area contributed by atoms with Crippen LogP contribution in [0.25, 0.3) is 94.7 Å². The summed E-state index contributed by atoms with van der Waals surface area (Å²) in [5, 5.41) is 4.17. The molecule has 0 spiro atoms. The van der Waals surface area contributed by atoms with Crippen LogP contribution in [0, 0.1) is 0 Å². The molecule has 5 heteroatoms. The molecule has 0 aliphatic rings. The van der Waals surface area contributed by atoms with Crippen LogP contribution in [-0.2, 0) is 0 Å². The Hall–Kier alpha value is -6.85. The number of furan rings is 1. The highest BCUT2D eigenvalue weighted by Crippen LogP contribution is 2.40. The van der Waals surface area contributed by atoms with E-state index in [1.54, 1.807) is 0 Å². The summed E-state index contributed by atoms with van der Waals surface area (Å²) in [6, 6.07) is 44.5. The van der Waals surface area contributed by atoms with Crippen LogP contribution in [0.1, 0.15) is 6.85 Å². The first-order valence-corrected chi connectivity index (χ1v) is 16.3. The van der Waals surface area contributed by atoms with Gasteiger partial charge in [0.2, 0.25) is 0 Å². The molecule has 50 heavy (non-hydrogen) atoms. The zero-order chi connectivity index (χ0) is 37.4. The highest BCUT2D eigenvalue weighted by molar-refractivity contribution is 6.15. The third-order valence-electron chi connectivity index (χ3n) is 9.14. The number of benzene rings is 7. The molecule has 3 aromatic heterocycles. The van der Waals surface area contributed by atoms with Gasteiger partial charge in [0.15, 0.2) is 17.5 Å². The zero-order valence-corrected chi connectivity index (χ0v) is 26.5. The smallest absolute Gasteiger partial charge is 0.164 e. The summed E-state index contributed by atoms with van der Waals surface area (Å²) in [7, 11) is 0. The topological polar surface area (TPSA) is 56.7 Å². The van der Waals surface area contributed by atoms with E-state index in [1.807, 2.05) is 66.7 Å². The van der Waals surface area contributed by atoms with Gasteiger partial charge in [0.1, 0.15) is 11.2 Å². The van der Waals surface area contributed by atoms with Gasteiger partial charge in [0, 0.05) is 32.8 Å². The Morgan fingerprint density at radius 1 is 0.440 bits per heavy atom. The second-order valence-electron chi connectivity index (χ2n) is 12.1. The van der Waals surface area contributed by atoms with Crippen molar-refractivity contribution in [1.29, 1.82) is 0 Å². The maximum absolute atomic E-state index is 8.63. The lowest BCUT2D eigenvalue weighted by Crippen LogP contribution is -2.00. The SMILES string of the molecule is [2H]c1c([2H])c([2H])c(-c2nc(-c3ccccc3)nc(-c3ccc4c(c3)oc3cccc(-n5c6ccccc6c6cc(-c7ccccc7)ccc65)c34)n2)c([2H])c1[2H]. The second-order valence-corrected chi connectivity index (χ2v) is 12.1. The van der Waals surface area contributed by atoms with Crippen molar-refractivity contribution in [2.45, 2.75) is 0 Å².